The normalized spacial score (nSPS) is 17.9. The molecule has 2 aromatic carbocycles. The maximum Gasteiger partial charge on any atom is 0.253 e. The fourth-order valence-electron chi connectivity index (χ4n) is 2.90. The maximum atomic E-state index is 14.0. The van der Waals surface area contributed by atoms with Crippen molar-refractivity contribution >= 4 is 17.7 Å². The molecular formula is C19H19F2NO2S. The Morgan fingerprint density at radius 1 is 1.16 bits per heavy atom. The average molecular weight is 363 g/mol. The van der Waals surface area contributed by atoms with E-state index in [4.69, 9.17) is 4.74 Å². The van der Waals surface area contributed by atoms with Crippen molar-refractivity contribution in [2.45, 2.75) is 11.7 Å². The van der Waals surface area contributed by atoms with Crippen molar-refractivity contribution in [1.82, 2.24) is 4.90 Å². The van der Waals surface area contributed by atoms with Crippen LogP contribution in [0.15, 0.2) is 42.5 Å². The molecule has 0 aromatic heterocycles. The van der Waals surface area contributed by atoms with Crippen LogP contribution in [-0.4, -0.2) is 36.8 Å². The van der Waals surface area contributed by atoms with Gasteiger partial charge in [0.25, 0.3) is 5.91 Å². The van der Waals surface area contributed by atoms with Gasteiger partial charge in [0.15, 0.2) is 0 Å². The minimum atomic E-state index is -0.438. The summed E-state index contributed by atoms with van der Waals surface area (Å²) in [7, 11) is 1.58. The average Bonchev–Trinajstić information content (AvgIpc) is 2.89. The van der Waals surface area contributed by atoms with Gasteiger partial charge in [-0.3, -0.25) is 4.79 Å². The Kier molecular flexibility index (Phi) is 5.58. The number of halogens is 2. The van der Waals surface area contributed by atoms with Gasteiger partial charge in [0.1, 0.15) is 17.4 Å². The van der Waals surface area contributed by atoms with Crippen molar-refractivity contribution in [1.29, 1.82) is 0 Å². The summed E-state index contributed by atoms with van der Waals surface area (Å²) in [6.07, 6.45) is 0.590. The summed E-state index contributed by atoms with van der Waals surface area (Å²) in [6, 6.07) is 10.5. The number of hydrogen-bond donors (Lipinski definition) is 0. The highest BCUT2D eigenvalue weighted by Crippen LogP contribution is 2.36. The van der Waals surface area contributed by atoms with Gasteiger partial charge in [0, 0.05) is 35.2 Å². The van der Waals surface area contributed by atoms with Crippen LogP contribution in [0, 0.1) is 11.6 Å². The Labute approximate surface area is 150 Å². The molecule has 1 unspecified atom stereocenters. The second-order valence-electron chi connectivity index (χ2n) is 5.83. The Bertz CT molecular complexity index is 752. The van der Waals surface area contributed by atoms with Gasteiger partial charge in [0.05, 0.1) is 7.11 Å². The number of hydrogen-bond acceptors (Lipinski definition) is 3. The molecule has 0 N–H and O–H groups in total. The standard InChI is InChI=1S/C19H19F2NO2S/c1-24-15-5-2-13(3-6-15)19(23)22-9-8-18(25-11-10-22)16-12-14(20)4-7-17(16)21/h2-7,12,18H,8-11H2,1H3. The highest BCUT2D eigenvalue weighted by molar-refractivity contribution is 7.99. The number of rotatable bonds is 3. The molecule has 0 saturated carbocycles. The SMILES string of the molecule is COc1ccc(C(=O)N2CCSC(c3cc(F)ccc3F)CC2)cc1. The minimum absolute atomic E-state index is 0.0522. The molecule has 25 heavy (non-hydrogen) atoms. The van der Waals surface area contributed by atoms with Crippen LogP contribution >= 0.6 is 11.8 Å². The molecule has 0 bridgehead atoms. The molecule has 1 saturated heterocycles. The zero-order valence-corrected chi connectivity index (χ0v) is 14.7. The van der Waals surface area contributed by atoms with E-state index in [-0.39, 0.29) is 11.2 Å². The van der Waals surface area contributed by atoms with Crippen molar-refractivity contribution in [3.63, 3.8) is 0 Å². The molecule has 132 valence electrons. The van der Waals surface area contributed by atoms with Crippen molar-refractivity contribution in [2.75, 3.05) is 26.0 Å². The molecule has 3 rings (SSSR count). The fourth-order valence-corrected chi connectivity index (χ4v) is 4.14. The van der Waals surface area contributed by atoms with E-state index in [0.29, 0.717) is 42.1 Å². The third kappa shape index (κ3) is 4.12. The summed E-state index contributed by atoms with van der Waals surface area (Å²) in [4.78, 5) is 14.4. The van der Waals surface area contributed by atoms with E-state index in [1.54, 1.807) is 48.0 Å². The lowest BCUT2D eigenvalue weighted by Gasteiger charge is -2.20. The van der Waals surface area contributed by atoms with Gasteiger partial charge in [-0.1, -0.05) is 0 Å². The summed E-state index contributed by atoms with van der Waals surface area (Å²) >= 11 is 1.56. The van der Waals surface area contributed by atoms with Crippen LogP contribution in [0.5, 0.6) is 5.75 Å². The Morgan fingerprint density at radius 3 is 2.64 bits per heavy atom. The topological polar surface area (TPSA) is 29.5 Å². The molecule has 3 nitrogen and oxygen atoms in total. The van der Waals surface area contributed by atoms with E-state index in [0.717, 1.165) is 12.1 Å². The lowest BCUT2D eigenvalue weighted by molar-refractivity contribution is 0.0766. The number of methoxy groups -OCH3 is 1. The van der Waals surface area contributed by atoms with Crippen LogP contribution < -0.4 is 4.74 Å². The largest absolute Gasteiger partial charge is 0.497 e. The van der Waals surface area contributed by atoms with E-state index >= 15 is 0 Å². The van der Waals surface area contributed by atoms with Gasteiger partial charge in [-0.25, -0.2) is 8.78 Å². The van der Waals surface area contributed by atoms with E-state index < -0.39 is 11.6 Å². The molecule has 0 spiro atoms. The Morgan fingerprint density at radius 2 is 1.92 bits per heavy atom. The molecule has 2 aromatic rings. The molecule has 1 atom stereocenters. The van der Waals surface area contributed by atoms with Crippen molar-refractivity contribution < 1.29 is 18.3 Å². The van der Waals surface area contributed by atoms with Gasteiger partial charge in [-0.05, 0) is 48.9 Å². The van der Waals surface area contributed by atoms with Crippen LogP contribution in [0.25, 0.3) is 0 Å². The first kappa shape index (κ1) is 17.7. The summed E-state index contributed by atoms with van der Waals surface area (Å²) in [5.74, 6) is 0.497. The number of amides is 1. The number of carbonyl (C=O) groups is 1. The van der Waals surface area contributed by atoms with E-state index in [1.165, 1.54) is 6.07 Å². The molecule has 6 heteroatoms. The number of thioether (sulfide) groups is 1. The van der Waals surface area contributed by atoms with Crippen LogP contribution in [0.4, 0.5) is 8.78 Å². The first-order valence-electron chi connectivity index (χ1n) is 8.08. The van der Waals surface area contributed by atoms with E-state index in [2.05, 4.69) is 0 Å². The zero-order valence-electron chi connectivity index (χ0n) is 13.9. The predicted octanol–water partition coefficient (Wildman–Crippen LogP) is 4.29. The molecule has 0 aliphatic carbocycles. The summed E-state index contributed by atoms with van der Waals surface area (Å²) in [5, 5.41) is -0.149. The molecule has 0 radical (unpaired) electrons. The lowest BCUT2D eigenvalue weighted by atomic mass is 10.1. The van der Waals surface area contributed by atoms with Gasteiger partial charge in [-0.15, -0.1) is 0 Å². The zero-order chi connectivity index (χ0) is 17.8. The molecule has 1 fully saturated rings. The predicted molar refractivity (Wildman–Crippen MR) is 95.1 cm³/mol. The monoisotopic (exact) mass is 363 g/mol. The highest BCUT2D eigenvalue weighted by atomic mass is 32.2. The van der Waals surface area contributed by atoms with Crippen LogP contribution in [0.1, 0.15) is 27.6 Å². The van der Waals surface area contributed by atoms with Crippen LogP contribution in [0.2, 0.25) is 0 Å². The number of nitrogens with zero attached hydrogens (tertiary/aromatic N) is 1. The smallest absolute Gasteiger partial charge is 0.253 e. The third-order valence-electron chi connectivity index (χ3n) is 4.27. The van der Waals surface area contributed by atoms with E-state index in [9.17, 15) is 13.6 Å². The molecule has 1 aliphatic rings. The van der Waals surface area contributed by atoms with Gasteiger partial charge in [-0.2, -0.15) is 11.8 Å². The first-order chi connectivity index (χ1) is 12.1. The quantitative estimate of drug-likeness (QED) is 0.815. The molecular weight excluding hydrogens is 344 g/mol. The summed E-state index contributed by atoms with van der Waals surface area (Å²) in [5.41, 5.74) is 0.977. The maximum absolute atomic E-state index is 14.0. The van der Waals surface area contributed by atoms with Crippen molar-refractivity contribution in [3.05, 3.63) is 65.2 Å². The van der Waals surface area contributed by atoms with Crippen LogP contribution in [0.3, 0.4) is 0 Å². The van der Waals surface area contributed by atoms with Crippen LogP contribution in [-0.2, 0) is 0 Å². The minimum Gasteiger partial charge on any atom is -0.497 e. The third-order valence-corrected chi connectivity index (χ3v) is 5.58. The van der Waals surface area contributed by atoms with Gasteiger partial charge >= 0.3 is 0 Å². The molecule has 1 amide bonds. The Balaban J connectivity index is 1.70. The fraction of sp³-hybridized carbons (Fsp3) is 0.316. The number of carbonyl (C=O) groups excluding carboxylic acids is 1. The second-order valence-corrected chi connectivity index (χ2v) is 7.15. The first-order valence-corrected chi connectivity index (χ1v) is 9.13. The van der Waals surface area contributed by atoms with Crippen molar-refractivity contribution in [2.24, 2.45) is 0 Å². The number of ether oxygens (including phenoxy) is 1. The summed E-state index contributed by atoms with van der Waals surface area (Å²) in [6.45, 7) is 1.10. The van der Waals surface area contributed by atoms with Gasteiger partial charge < -0.3 is 9.64 Å². The second kappa shape index (κ2) is 7.87. The molecule has 1 heterocycles. The number of benzene rings is 2. The van der Waals surface area contributed by atoms with E-state index in [1.807, 2.05) is 0 Å². The Hall–Kier alpha value is -2.08. The van der Waals surface area contributed by atoms with Gasteiger partial charge in [0.2, 0.25) is 0 Å². The highest BCUT2D eigenvalue weighted by Gasteiger charge is 2.24. The summed E-state index contributed by atoms with van der Waals surface area (Å²) < 4.78 is 32.6. The van der Waals surface area contributed by atoms with Crippen molar-refractivity contribution in [3.8, 4) is 5.75 Å². The molecule has 1 aliphatic heterocycles. The lowest BCUT2D eigenvalue weighted by Crippen LogP contribution is -2.32.